The summed E-state index contributed by atoms with van der Waals surface area (Å²) in [5.74, 6) is -0.158. The first-order chi connectivity index (χ1) is 8.50. The Kier molecular flexibility index (Phi) is 3.71. The van der Waals surface area contributed by atoms with Gasteiger partial charge >= 0.3 is 0 Å². The number of benzene rings is 1. The number of hydrogen-bond acceptors (Lipinski definition) is 2. The predicted octanol–water partition coefficient (Wildman–Crippen LogP) is 2.00. The SMILES string of the molecule is Cc1cccc(N2CCC(=O)NC(C)C2=O)c1Br. The van der Waals surface area contributed by atoms with Gasteiger partial charge in [0.2, 0.25) is 11.8 Å². The number of amides is 2. The average molecular weight is 311 g/mol. The van der Waals surface area contributed by atoms with Crippen molar-refractivity contribution in [2.24, 2.45) is 0 Å². The van der Waals surface area contributed by atoms with E-state index in [2.05, 4.69) is 21.2 Å². The molecule has 1 fully saturated rings. The number of nitrogens with one attached hydrogen (secondary N) is 1. The summed E-state index contributed by atoms with van der Waals surface area (Å²) < 4.78 is 0.903. The molecule has 18 heavy (non-hydrogen) atoms. The van der Waals surface area contributed by atoms with Crippen LogP contribution in [0.4, 0.5) is 5.69 Å². The van der Waals surface area contributed by atoms with E-state index in [0.29, 0.717) is 13.0 Å². The van der Waals surface area contributed by atoms with Gasteiger partial charge in [0.05, 0.1) is 5.69 Å². The van der Waals surface area contributed by atoms with Crippen LogP contribution in [0.2, 0.25) is 0 Å². The lowest BCUT2D eigenvalue weighted by Crippen LogP contribution is -2.42. The van der Waals surface area contributed by atoms with E-state index in [4.69, 9.17) is 0 Å². The van der Waals surface area contributed by atoms with Gasteiger partial charge in [-0.1, -0.05) is 12.1 Å². The van der Waals surface area contributed by atoms with Crippen LogP contribution in [-0.2, 0) is 9.59 Å². The second-order valence-corrected chi connectivity index (χ2v) is 5.23. The Morgan fingerprint density at radius 1 is 1.39 bits per heavy atom. The van der Waals surface area contributed by atoms with Crippen molar-refractivity contribution in [3.05, 3.63) is 28.2 Å². The Bertz CT molecular complexity index is 502. The van der Waals surface area contributed by atoms with Gasteiger partial charge < -0.3 is 10.2 Å². The van der Waals surface area contributed by atoms with Gasteiger partial charge in [0, 0.05) is 17.4 Å². The number of halogens is 1. The van der Waals surface area contributed by atoms with Crippen molar-refractivity contribution in [2.45, 2.75) is 26.3 Å². The van der Waals surface area contributed by atoms with E-state index in [9.17, 15) is 9.59 Å². The molecule has 1 aromatic rings. The molecule has 2 amide bonds. The Labute approximate surface area is 114 Å². The van der Waals surface area contributed by atoms with E-state index < -0.39 is 6.04 Å². The van der Waals surface area contributed by atoms with E-state index in [1.165, 1.54) is 0 Å². The van der Waals surface area contributed by atoms with Gasteiger partial charge in [0.25, 0.3) is 0 Å². The zero-order chi connectivity index (χ0) is 13.3. The second-order valence-electron chi connectivity index (χ2n) is 4.44. The Balaban J connectivity index is 2.39. The second kappa shape index (κ2) is 5.10. The van der Waals surface area contributed by atoms with Crippen molar-refractivity contribution in [3.8, 4) is 0 Å². The number of carbonyl (C=O) groups excluding carboxylic acids is 2. The van der Waals surface area contributed by atoms with Gasteiger partial charge in [-0.15, -0.1) is 0 Å². The van der Waals surface area contributed by atoms with Gasteiger partial charge in [-0.2, -0.15) is 0 Å². The van der Waals surface area contributed by atoms with E-state index >= 15 is 0 Å². The average Bonchev–Trinajstić information content (AvgIpc) is 2.44. The topological polar surface area (TPSA) is 49.4 Å². The highest BCUT2D eigenvalue weighted by molar-refractivity contribution is 9.10. The van der Waals surface area contributed by atoms with Crippen molar-refractivity contribution in [1.82, 2.24) is 5.32 Å². The lowest BCUT2D eigenvalue weighted by atomic mass is 10.2. The molecule has 5 heteroatoms. The molecule has 0 aliphatic carbocycles. The van der Waals surface area contributed by atoms with Crippen LogP contribution < -0.4 is 10.2 Å². The molecular formula is C13H15BrN2O2. The largest absolute Gasteiger partial charge is 0.345 e. The molecule has 1 unspecified atom stereocenters. The van der Waals surface area contributed by atoms with E-state index in [1.54, 1.807) is 11.8 Å². The molecule has 0 spiro atoms. The fourth-order valence-corrected chi connectivity index (χ4v) is 2.49. The minimum Gasteiger partial charge on any atom is -0.345 e. The van der Waals surface area contributed by atoms with Gasteiger partial charge in [-0.05, 0) is 41.4 Å². The molecular weight excluding hydrogens is 296 g/mol. The molecule has 1 heterocycles. The molecule has 2 rings (SSSR count). The Hall–Kier alpha value is -1.36. The normalized spacial score (nSPS) is 20.6. The summed E-state index contributed by atoms with van der Waals surface area (Å²) >= 11 is 3.50. The van der Waals surface area contributed by atoms with E-state index in [1.807, 2.05) is 25.1 Å². The fraction of sp³-hybridized carbons (Fsp3) is 0.385. The van der Waals surface area contributed by atoms with Crippen molar-refractivity contribution in [1.29, 1.82) is 0 Å². The molecule has 1 saturated heterocycles. The Morgan fingerprint density at radius 2 is 2.11 bits per heavy atom. The smallest absolute Gasteiger partial charge is 0.249 e. The highest BCUT2D eigenvalue weighted by Gasteiger charge is 2.28. The first-order valence-corrected chi connectivity index (χ1v) is 6.66. The lowest BCUT2D eigenvalue weighted by Gasteiger charge is -2.24. The molecule has 0 bridgehead atoms. The molecule has 0 radical (unpaired) electrons. The van der Waals surface area contributed by atoms with Gasteiger partial charge in [-0.25, -0.2) is 0 Å². The number of rotatable bonds is 1. The molecule has 1 aliphatic rings. The van der Waals surface area contributed by atoms with Crippen LogP contribution in [0.15, 0.2) is 22.7 Å². The van der Waals surface area contributed by atoms with E-state index in [0.717, 1.165) is 15.7 Å². The number of anilines is 1. The highest BCUT2D eigenvalue weighted by Crippen LogP contribution is 2.30. The van der Waals surface area contributed by atoms with Crippen molar-refractivity contribution < 1.29 is 9.59 Å². The van der Waals surface area contributed by atoms with Crippen LogP contribution in [0.3, 0.4) is 0 Å². The lowest BCUT2D eigenvalue weighted by molar-refractivity contribution is -0.125. The summed E-state index contributed by atoms with van der Waals surface area (Å²) in [6.45, 7) is 4.10. The molecule has 96 valence electrons. The summed E-state index contributed by atoms with van der Waals surface area (Å²) in [7, 11) is 0. The summed E-state index contributed by atoms with van der Waals surface area (Å²) in [5, 5.41) is 2.68. The van der Waals surface area contributed by atoms with Crippen LogP contribution >= 0.6 is 15.9 Å². The summed E-state index contributed by atoms with van der Waals surface area (Å²) in [6, 6.07) is 5.29. The van der Waals surface area contributed by atoms with Crippen LogP contribution in [0.25, 0.3) is 0 Å². The maximum atomic E-state index is 12.2. The third-order valence-electron chi connectivity index (χ3n) is 3.04. The molecule has 4 nitrogen and oxygen atoms in total. The van der Waals surface area contributed by atoms with Crippen LogP contribution in [0.5, 0.6) is 0 Å². The van der Waals surface area contributed by atoms with Crippen molar-refractivity contribution in [3.63, 3.8) is 0 Å². The van der Waals surface area contributed by atoms with Crippen LogP contribution in [-0.4, -0.2) is 24.4 Å². The summed E-state index contributed by atoms with van der Waals surface area (Å²) in [4.78, 5) is 25.4. The third-order valence-corrected chi connectivity index (χ3v) is 4.07. The van der Waals surface area contributed by atoms with Crippen molar-refractivity contribution in [2.75, 3.05) is 11.4 Å². The monoisotopic (exact) mass is 310 g/mol. The zero-order valence-corrected chi connectivity index (χ0v) is 12.0. The van der Waals surface area contributed by atoms with Gasteiger partial charge in [0.15, 0.2) is 0 Å². The van der Waals surface area contributed by atoms with Crippen LogP contribution in [0.1, 0.15) is 18.9 Å². The number of nitrogens with zero attached hydrogens (tertiary/aromatic N) is 1. The minimum absolute atomic E-state index is 0.0767. The van der Waals surface area contributed by atoms with Crippen molar-refractivity contribution >= 4 is 33.4 Å². The van der Waals surface area contributed by atoms with Gasteiger partial charge in [-0.3, -0.25) is 9.59 Å². The molecule has 1 atom stereocenters. The maximum Gasteiger partial charge on any atom is 0.249 e. The Morgan fingerprint density at radius 3 is 2.83 bits per heavy atom. The first-order valence-electron chi connectivity index (χ1n) is 5.86. The van der Waals surface area contributed by atoms with Crippen LogP contribution in [0, 0.1) is 6.92 Å². The predicted molar refractivity (Wildman–Crippen MR) is 73.5 cm³/mol. The molecule has 0 saturated carbocycles. The molecule has 1 N–H and O–H groups in total. The zero-order valence-electron chi connectivity index (χ0n) is 10.4. The quantitative estimate of drug-likeness (QED) is 0.862. The number of aryl methyl sites for hydroxylation is 1. The summed E-state index contributed by atoms with van der Waals surface area (Å²) in [5.41, 5.74) is 1.89. The minimum atomic E-state index is -0.479. The highest BCUT2D eigenvalue weighted by atomic mass is 79.9. The maximum absolute atomic E-state index is 12.2. The number of hydrogen-bond donors (Lipinski definition) is 1. The standard InChI is InChI=1S/C13H15BrN2O2/c1-8-4-3-5-10(12(8)14)16-7-6-11(17)15-9(2)13(16)18/h3-5,9H,6-7H2,1-2H3,(H,15,17). The summed E-state index contributed by atoms with van der Waals surface area (Å²) in [6.07, 6.45) is 0.330. The molecule has 1 aliphatic heterocycles. The first kappa shape index (κ1) is 13.1. The molecule has 0 aromatic heterocycles. The van der Waals surface area contributed by atoms with Gasteiger partial charge in [0.1, 0.15) is 6.04 Å². The van der Waals surface area contributed by atoms with E-state index in [-0.39, 0.29) is 11.8 Å². The fourth-order valence-electron chi connectivity index (χ4n) is 2.01. The molecule has 1 aromatic carbocycles. The third kappa shape index (κ3) is 2.41. The number of carbonyl (C=O) groups is 2.